The van der Waals surface area contributed by atoms with E-state index in [1.54, 1.807) is 13.1 Å². The third kappa shape index (κ3) is 5.69. The predicted octanol–water partition coefficient (Wildman–Crippen LogP) is 5.62. The number of unbranched alkanes of at least 4 members (excludes halogenated alkanes) is 1. The highest BCUT2D eigenvalue weighted by Gasteiger charge is 2.43. The number of nitrogens with one attached hydrogen (secondary N) is 1. The molecule has 0 bridgehead atoms. The maximum Gasteiger partial charge on any atom is 0.266 e. The van der Waals surface area contributed by atoms with Crippen LogP contribution in [0.5, 0.6) is 0 Å². The molecule has 2 aromatic heterocycles. The number of alkyl halides is 2. The van der Waals surface area contributed by atoms with Crippen LogP contribution in [0.25, 0.3) is 11.0 Å². The SMILES string of the molecule is CCCCC1CC1N=S1(=O)CCC(C#N)(c2cc3c(NCc4cccc(C(F)F)c4F)ncnc3n(C)c2=O)CC1. The number of halogens is 3. The van der Waals surface area contributed by atoms with Crippen LogP contribution in [-0.4, -0.2) is 36.3 Å². The summed E-state index contributed by atoms with van der Waals surface area (Å²) < 4.78 is 60.6. The van der Waals surface area contributed by atoms with E-state index in [-0.39, 0.29) is 59.4 Å². The Bertz CT molecular complexity index is 1680. The van der Waals surface area contributed by atoms with Gasteiger partial charge in [0.25, 0.3) is 12.0 Å². The lowest BCUT2D eigenvalue weighted by Gasteiger charge is -2.32. The molecule has 5 rings (SSSR count). The average molecular weight is 587 g/mol. The molecule has 1 saturated carbocycles. The van der Waals surface area contributed by atoms with Gasteiger partial charge in [0.15, 0.2) is 0 Å². The normalized spacial score (nSPS) is 25.7. The maximum absolute atomic E-state index is 14.6. The summed E-state index contributed by atoms with van der Waals surface area (Å²) in [7, 11) is -0.913. The molecule has 2 aliphatic rings. The van der Waals surface area contributed by atoms with Gasteiger partial charge in [0, 0.05) is 46.0 Å². The fourth-order valence-electron chi connectivity index (χ4n) is 5.66. The van der Waals surface area contributed by atoms with E-state index < -0.39 is 33.0 Å². The molecule has 2 unspecified atom stereocenters. The fourth-order valence-corrected chi connectivity index (χ4v) is 8.16. The molecular weight excluding hydrogens is 553 g/mol. The van der Waals surface area contributed by atoms with Crippen LogP contribution < -0.4 is 10.9 Å². The summed E-state index contributed by atoms with van der Waals surface area (Å²) in [6.07, 6.45) is 3.10. The standard InChI is InChI=1S/C29H33F3N6O2S/c1-3-4-6-18-13-23(18)37-41(40)11-9-29(16-33,10-12-41)22-14-21-26(35-17-36-27(21)38(2)28(22)39)34-15-19-7-5-8-20(24(19)30)25(31)32/h5,7-8,14,17-18,23,25H,3-4,6,9-13,15H2,1-2H3,(H,34,35,36). The Morgan fingerprint density at radius 2 is 2.05 bits per heavy atom. The highest BCUT2D eigenvalue weighted by molar-refractivity contribution is 7.93. The zero-order valence-corrected chi connectivity index (χ0v) is 23.9. The van der Waals surface area contributed by atoms with Crippen LogP contribution in [0.1, 0.15) is 68.6 Å². The first-order valence-electron chi connectivity index (χ1n) is 13.9. The van der Waals surface area contributed by atoms with Crippen LogP contribution >= 0.6 is 0 Å². The van der Waals surface area contributed by atoms with Gasteiger partial charge in [0.05, 0.1) is 28.5 Å². The van der Waals surface area contributed by atoms with E-state index in [4.69, 9.17) is 4.36 Å². The molecule has 2 fully saturated rings. The van der Waals surface area contributed by atoms with Crippen molar-refractivity contribution in [3.8, 4) is 6.07 Å². The molecule has 12 heteroatoms. The lowest BCUT2D eigenvalue weighted by atomic mass is 9.77. The quantitative estimate of drug-likeness (QED) is 0.348. The number of fused-ring (bicyclic) bond motifs is 1. The van der Waals surface area contributed by atoms with E-state index in [0.717, 1.165) is 31.7 Å². The first-order valence-corrected chi connectivity index (χ1v) is 15.7. The van der Waals surface area contributed by atoms with Crippen LogP contribution in [0.15, 0.2) is 39.8 Å². The van der Waals surface area contributed by atoms with Gasteiger partial charge < -0.3 is 5.32 Å². The highest BCUT2D eigenvalue weighted by Crippen LogP contribution is 2.42. The van der Waals surface area contributed by atoms with E-state index in [1.165, 1.54) is 23.0 Å². The summed E-state index contributed by atoms with van der Waals surface area (Å²) in [6.45, 7) is 2.01. The summed E-state index contributed by atoms with van der Waals surface area (Å²) in [6, 6.07) is 7.87. The Kier molecular flexibility index (Phi) is 8.10. The van der Waals surface area contributed by atoms with Crippen molar-refractivity contribution in [2.45, 2.75) is 69.9 Å². The number of rotatable bonds is 9. The number of benzene rings is 1. The molecule has 1 aliphatic carbocycles. The van der Waals surface area contributed by atoms with Gasteiger partial charge in [-0.3, -0.25) is 9.36 Å². The van der Waals surface area contributed by atoms with Crippen molar-refractivity contribution in [1.82, 2.24) is 14.5 Å². The first-order chi connectivity index (χ1) is 19.6. The van der Waals surface area contributed by atoms with Gasteiger partial charge >= 0.3 is 0 Å². The molecule has 1 saturated heterocycles. The number of anilines is 1. The molecule has 1 aliphatic heterocycles. The van der Waals surface area contributed by atoms with Gasteiger partial charge in [-0.15, -0.1) is 0 Å². The molecule has 1 aromatic carbocycles. The third-order valence-electron chi connectivity index (χ3n) is 8.36. The van der Waals surface area contributed by atoms with Crippen LogP contribution in [-0.2, 0) is 28.7 Å². The number of aromatic nitrogens is 3. The van der Waals surface area contributed by atoms with Gasteiger partial charge in [-0.2, -0.15) is 5.26 Å². The van der Waals surface area contributed by atoms with Crippen molar-refractivity contribution in [3.05, 3.63) is 63.5 Å². The summed E-state index contributed by atoms with van der Waals surface area (Å²) in [4.78, 5) is 22.0. The van der Waals surface area contributed by atoms with Gasteiger partial charge in [0.2, 0.25) is 0 Å². The number of hydrogen-bond acceptors (Lipinski definition) is 7. The Morgan fingerprint density at radius 1 is 1.29 bits per heavy atom. The predicted molar refractivity (Wildman–Crippen MR) is 152 cm³/mol. The summed E-state index contributed by atoms with van der Waals surface area (Å²) >= 11 is 0. The van der Waals surface area contributed by atoms with Crippen molar-refractivity contribution in [3.63, 3.8) is 0 Å². The van der Waals surface area contributed by atoms with Gasteiger partial charge in [-0.25, -0.2) is 31.7 Å². The topological polar surface area (TPSA) is 113 Å². The lowest BCUT2D eigenvalue weighted by molar-refractivity contribution is 0.146. The zero-order chi connectivity index (χ0) is 29.4. The van der Waals surface area contributed by atoms with E-state index in [9.17, 15) is 27.4 Å². The smallest absolute Gasteiger partial charge is 0.266 e. The number of nitrogens with zero attached hydrogens (tertiary/aromatic N) is 5. The minimum absolute atomic E-state index is 0.0338. The monoisotopic (exact) mass is 586 g/mol. The number of aryl methyl sites for hydroxylation is 1. The molecule has 3 heterocycles. The number of nitriles is 1. The second-order valence-electron chi connectivity index (χ2n) is 11.0. The van der Waals surface area contributed by atoms with Crippen molar-refractivity contribution >= 4 is 26.6 Å². The van der Waals surface area contributed by atoms with Crippen LogP contribution in [0.3, 0.4) is 0 Å². The van der Waals surface area contributed by atoms with Crippen molar-refractivity contribution in [2.24, 2.45) is 17.3 Å². The Balaban J connectivity index is 1.44. The molecule has 0 spiro atoms. The molecule has 8 nitrogen and oxygen atoms in total. The average Bonchev–Trinajstić information content (AvgIpc) is 3.70. The van der Waals surface area contributed by atoms with Crippen LogP contribution in [0, 0.1) is 23.1 Å². The van der Waals surface area contributed by atoms with Crippen LogP contribution in [0.4, 0.5) is 19.0 Å². The van der Waals surface area contributed by atoms with Crippen molar-refractivity contribution in [2.75, 3.05) is 16.8 Å². The van der Waals surface area contributed by atoms with Gasteiger partial charge in [-0.1, -0.05) is 38.0 Å². The van der Waals surface area contributed by atoms with E-state index >= 15 is 0 Å². The summed E-state index contributed by atoms with van der Waals surface area (Å²) in [5.74, 6) is 0.261. The van der Waals surface area contributed by atoms with Gasteiger partial charge in [-0.05, 0) is 37.7 Å². The largest absolute Gasteiger partial charge is 0.365 e. The summed E-state index contributed by atoms with van der Waals surface area (Å²) in [5.41, 5.74) is -1.63. The molecule has 41 heavy (non-hydrogen) atoms. The van der Waals surface area contributed by atoms with E-state index in [0.29, 0.717) is 17.0 Å². The van der Waals surface area contributed by atoms with Crippen molar-refractivity contribution < 1.29 is 17.4 Å². The highest BCUT2D eigenvalue weighted by atomic mass is 32.2. The molecule has 0 amide bonds. The molecule has 3 aromatic rings. The van der Waals surface area contributed by atoms with E-state index in [2.05, 4.69) is 28.3 Å². The van der Waals surface area contributed by atoms with Gasteiger partial charge in [0.1, 0.15) is 23.6 Å². The molecule has 1 N–H and O–H groups in total. The molecule has 218 valence electrons. The second-order valence-corrected chi connectivity index (χ2v) is 13.6. The lowest BCUT2D eigenvalue weighted by Crippen LogP contribution is -2.41. The van der Waals surface area contributed by atoms with Crippen molar-refractivity contribution in [1.29, 1.82) is 5.26 Å². The maximum atomic E-state index is 14.6. The first kappa shape index (κ1) is 29.0. The zero-order valence-electron chi connectivity index (χ0n) is 23.1. The summed E-state index contributed by atoms with van der Waals surface area (Å²) in [5, 5.41) is 13.7. The molecule has 0 radical (unpaired) electrons. The Morgan fingerprint density at radius 3 is 2.73 bits per heavy atom. The third-order valence-corrected chi connectivity index (χ3v) is 10.7. The number of pyridine rings is 1. The minimum Gasteiger partial charge on any atom is -0.365 e. The Labute approximate surface area is 237 Å². The van der Waals surface area contributed by atoms with Crippen LogP contribution in [0.2, 0.25) is 0 Å². The minimum atomic E-state index is -2.95. The Hall–Kier alpha value is -3.46. The molecule has 2 atom stereocenters. The number of hydrogen-bond donors (Lipinski definition) is 1. The molecular formula is C29H33F3N6O2S. The fraction of sp³-hybridized carbons (Fsp3) is 0.517. The van der Waals surface area contributed by atoms with E-state index in [1.807, 2.05) is 0 Å². The second kappa shape index (κ2) is 11.4.